The molecule has 2 aromatic carbocycles. The van der Waals surface area contributed by atoms with Gasteiger partial charge in [-0.2, -0.15) is 0 Å². The smallest absolute Gasteiger partial charge is 0.262 e. The molecule has 1 atom stereocenters. The van der Waals surface area contributed by atoms with E-state index < -0.39 is 23.8 Å². The summed E-state index contributed by atoms with van der Waals surface area (Å²) in [4.78, 5) is 37.2. The van der Waals surface area contributed by atoms with Gasteiger partial charge in [-0.05, 0) is 36.2 Å². The Bertz CT molecular complexity index is 777. The molecule has 3 rings (SSSR count). The van der Waals surface area contributed by atoms with Gasteiger partial charge in [0.1, 0.15) is 5.75 Å². The number of hydrogen-bond donors (Lipinski definition) is 0. The summed E-state index contributed by atoms with van der Waals surface area (Å²) in [5.41, 5.74) is 1.08. The highest BCUT2D eigenvalue weighted by molar-refractivity contribution is 6.22. The summed E-state index contributed by atoms with van der Waals surface area (Å²) in [6.45, 7) is 0. The maximum atomic E-state index is 12.4. The molecular weight excluding hydrogens is 310 g/mol. The van der Waals surface area contributed by atoms with Crippen LogP contribution in [0.25, 0.3) is 0 Å². The fraction of sp³-hybridized carbons (Fsp3) is 0.167. The monoisotopic (exact) mass is 324 g/mol. The molecule has 2 aromatic rings. The van der Waals surface area contributed by atoms with E-state index in [0.717, 1.165) is 4.90 Å². The summed E-state index contributed by atoms with van der Waals surface area (Å²) in [5, 5.41) is 11.6. The van der Waals surface area contributed by atoms with E-state index >= 15 is 0 Å². The Balaban J connectivity index is 1.90. The molecule has 0 aliphatic carbocycles. The number of ether oxygens (including phenoxy) is 1. The molecule has 1 aliphatic heterocycles. The van der Waals surface area contributed by atoms with Crippen molar-refractivity contribution in [3.8, 4) is 5.75 Å². The predicted octanol–water partition coefficient (Wildman–Crippen LogP) is 0.652. The summed E-state index contributed by atoms with van der Waals surface area (Å²) in [7, 11) is 1.53. The maximum Gasteiger partial charge on any atom is 0.262 e. The molecule has 6 nitrogen and oxygen atoms in total. The number of hydrogen-bond acceptors (Lipinski definition) is 5. The summed E-state index contributed by atoms with van der Waals surface area (Å²) >= 11 is 0. The van der Waals surface area contributed by atoms with Gasteiger partial charge in [-0.1, -0.05) is 24.3 Å². The number of fused-ring (bicyclic) bond motifs is 1. The molecule has 0 saturated heterocycles. The third-order valence-corrected chi connectivity index (χ3v) is 4.00. The van der Waals surface area contributed by atoms with Crippen LogP contribution < -0.4 is 9.84 Å². The fourth-order valence-corrected chi connectivity index (χ4v) is 2.76. The average Bonchev–Trinajstić information content (AvgIpc) is 2.85. The Morgan fingerprint density at radius 2 is 1.58 bits per heavy atom. The van der Waals surface area contributed by atoms with Gasteiger partial charge in [-0.3, -0.25) is 14.5 Å². The van der Waals surface area contributed by atoms with Crippen LogP contribution in [-0.4, -0.2) is 35.8 Å². The lowest BCUT2D eigenvalue weighted by molar-refractivity contribution is -0.310. The molecule has 24 heavy (non-hydrogen) atoms. The lowest BCUT2D eigenvalue weighted by Crippen LogP contribution is -2.51. The third-order valence-electron chi connectivity index (χ3n) is 4.00. The zero-order valence-electron chi connectivity index (χ0n) is 12.9. The van der Waals surface area contributed by atoms with Crippen molar-refractivity contribution < 1.29 is 24.2 Å². The zero-order chi connectivity index (χ0) is 17.3. The molecule has 6 heteroatoms. The quantitative estimate of drug-likeness (QED) is 0.754. The van der Waals surface area contributed by atoms with Crippen LogP contribution in [0.3, 0.4) is 0 Å². The minimum atomic E-state index is -1.47. The zero-order valence-corrected chi connectivity index (χ0v) is 12.9. The number of nitrogens with zero attached hydrogens (tertiary/aromatic N) is 1. The third kappa shape index (κ3) is 2.62. The molecule has 0 saturated carbocycles. The van der Waals surface area contributed by atoms with E-state index in [2.05, 4.69) is 0 Å². The second kappa shape index (κ2) is 6.16. The summed E-state index contributed by atoms with van der Waals surface area (Å²) < 4.78 is 5.05. The highest BCUT2D eigenvalue weighted by Crippen LogP contribution is 2.26. The maximum absolute atomic E-state index is 12.4. The molecule has 122 valence electrons. The topological polar surface area (TPSA) is 86.7 Å². The Morgan fingerprint density at radius 1 is 1.04 bits per heavy atom. The Hall–Kier alpha value is -3.15. The molecule has 1 unspecified atom stereocenters. The van der Waals surface area contributed by atoms with Gasteiger partial charge in [-0.15, -0.1) is 0 Å². The van der Waals surface area contributed by atoms with E-state index in [1.165, 1.54) is 19.2 Å². The van der Waals surface area contributed by atoms with Crippen molar-refractivity contribution in [3.63, 3.8) is 0 Å². The molecule has 0 aromatic heterocycles. The lowest BCUT2D eigenvalue weighted by Gasteiger charge is -2.27. The van der Waals surface area contributed by atoms with Gasteiger partial charge >= 0.3 is 0 Å². The first-order valence-corrected chi connectivity index (χ1v) is 7.33. The van der Waals surface area contributed by atoms with Gasteiger partial charge in [0.2, 0.25) is 0 Å². The minimum Gasteiger partial charge on any atom is -0.548 e. The molecule has 2 amide bonds. The number of methoxy groups -OCH3 is 1. The van der Waals surface area contributed by atoms with Crippen LogP contribution in [0, 0.1) is 0 Å². The standard InChI is InChI=1S/C18H15NO5/c1-24-12-8-6-11(7-9-12)10-15(18(22)23)19-16(20)13-4-2-3-5-14(13)17(19)21/h2-9,15H,10H2,1H3,(H,22,23)/p-1. The van der Waals surface area contributed by atoms with E-state index in [1.807, 2.05) is 0 Å². The van der Waals surface area contributed by atoms with Gasteiger partial charge in [0.05, 0.1) is 30.2 Å². The number of imide groups is 1. The van der Waals surface area contributed by atoms with Crippen molar-refractivity contribution in [1.29, 1.82) is 0 Å². The van der Waals surface area contributed by atoms with Crippen molar-refractivity contribution in [2.24, 2.45) is 0 Å². The molecule has 1 heterocycles. The van der Waals surface area contributed by atoms with Crippen molar-refractivity contribution in [2.45, 2.75) is 12.5 Å². The summed E-state index contributed by atoms with van der Waals surface area (Å²) in [5.74, 6) is -2.07. The number of carboxylic acids is 1. The van der Waals surface area contributed by atoms with Crippen molar-refractivity contribution >= 4 is 17.8 Å². The van der Waals surface area contributed by atoms with Crippen molar-refractivity contribution in [3.05, 3.63) is 65.2 Å². The van der Waals surface area contributed by atoms with Gasteiger partial charge in [0.25, 0.3) is 11.8 Å². The molecule has 1 aliphatic rings. The number of rotatable bonds is 5. The van der Waals surface area contributed by atoms with Crippen LogP contribution in [0.4, 0.5) is 0 Å². The highest BCUT2D eigenvalue weighted by atomic mass is 16.5. The fourth-order valence-electron chi connectivity index (χ4n) is 2.76. The average molecular weight is 324 g/mol. The molecule has 0 radical (unpaired) electrons. The predicted molar refractivity (Wildman–Crippen MR) is 82.4 cm³/mol. The van der Waals surface area contributed by atoms with Crippen LogP contribution in [-0.2, 0) is 11.2 Å². The normalized spacial score (nSPS) is 14.5. The summed E-state index contributed by atoms with van der Waals surface area (Å²) in [6, 6.07) is 11.7. The molecule has 0 fully saturated rings. The van der Waals surface area contributed by atoms with E-state index in [9.17, 15) is 19.5 Å². The number of carbonyl (C=O) groups is 3. The largest absolute Gasteiger partial charge is 0.548 e. The molecule has 0 spiro atoms. The number of carboxylic acid groups (broad SMARTS) is 1. The minimum absolute atomic E-state index is 0.0300. The Morgan fingerprint density at radius 3 is 2.04 bits per heavy atom. The van der Waals surface area contributed by atoms with Gasteiger partial charge in [-0.25, -0.2) is 0 Å². The van der Waals surface area contributed by atoms with Gasteiger partial charge in [0.15, 0.2) is 0 Å². The SMILES string of the molecule is COc1ccc(CC(C(=O)[O-])N2C(=O)c3ccccc3C2=O)cc1. The summed E-state index contributed by atoms with van der Waals surface area (Å²) in [6.07, 6.45) is -0.0300. The lowest BCUT2D eigenvalue weighted by atomic mass is 10.0. The van der Waals surface area contributed by atoms with Crippen LogP contribution >= 0.6 is 0 Å². The number of carbonyl (C=O) groups excluding carboxylic acids is 3. The van der Waals surface area contributed by atoms with Crippen molar-refractivity contribution in [2.75, 3.05) is 7.11 Å². The van der Waals surface area contributed by atoms with Gasteiger partial charge < -0.3 is 14.6 Å². The van der Waals surface area contributed by atoms with Crippen LogP contribution in [0.2, 0.25) is 0 Å². The van der Waals surface area contributed by atoms with E-state index in [0.29, 0.717) is 11.3 Å². The number of aliphatic carboxylic acids is 1. The first kappa shape index (κ1) is 15.7. The molecular formula is C18H14NO5-. The van der Waals surface area contributed by atoms with Crippen LogP contribution in [0.5, 0.6) is 5.75 Å². The highest BCUT2D eigenvalue weighted by Gasteiger charge is 2.40. The van der Waals surface area contributed by atoms with Crippen molar-refractivity contribution in [1.82, 2.24) is 4.90 Å². The van der Waals surface area contributed by atoms with Crippen LogP contribution in [0.15, 0.2) is 48.5 Å². The molecule has 0 bridgehead atoms. The Kier molecular flexibility index (Phi) is 4.04. The molecule has 0 N–H and O–H groups in total. The second-order valence-corrected chi connectivity index (χ2v) is 5.41. The van der Waals surface area contributed by atoms with E-state index in [1.54, 1.807) is 36.4 Å². The number of amides is 2. The first-order valence-electron chi connectivity index (χ1n) is 7.33. The van der Waals surface area contributed by atoms with Crippen LogP contribution in [0.1, 0.15) is 26.3 Å². The Labute approximate surface area is 138 Å². The second-order valence-electron chi connectivity index (χ2n) is 5.41. The number of benzene rings is 2. The van der Waals surface area contributed by atoms with Gasteiger partial charge in [0, 0.05) is 0 Å². The van der Waals surface area contributed by atoms with E-state index in [-0.39, 0.29) is 17.5 Å². The van der Waals surface area contributed by atoms with E-state index in [4.69, 9.17) is 4.74 Å². The first-order chi connectivity index (χ1) is 11.5.